The van der Waals surface area contributed by atoms with Crippen LogP contribution in [-0.2, 0) is 14.3 Å². The van der Waals surface area contributed by atoms with E-state index in [9.17, 15) is 24.5 Å². The first-order valence-electron chi connectivity index (χ1n) is 5.45. The standard InChI is InChI=1S/C11H10N2O8/c12-6(5-9(14)15)10(16)21-11(17)20-8-4-2-1-3-7(8)13(18)19/h1-4,6H,5,12H2,(H,14,15)/t6-/m0/s1. The number of carbonyl (C=O) groups is 3. The molecule has 10 nitrogen and oxygen atoms in total. The number of ether oxygens (including phenoxy) is 2. The summed E-state index contributed by atoms with van der Waals surface area (Å²) in [5.74, 6) is -3.10. The molecule has 1 aromatic carbocycles. The molecule has 1 aromatic rings. The van der Waals surface area contributed by atoms with Crippen LogP contribution in [0, 0.1) is 10.1 Å². The summed E-state index contributed by atoms with van der Waals surface area (Å²) < 4.78 is 8.65. The van der Waals surface area contributed by atoms with Gasteiger partial charge in [-0.15, -0.1) is 0 Å². The first kappa shape index (κ1) is 16.0. The van der Waals surface area contributed by atoms with E-state index in [4.69, 9.17) is 10.8 Å². The molecule has 0 amide bonds. The highest BCUT2D eigenvalue weighted by Gasteiger charge is 2.24. The topological polar surface area (TPSA) is 159 Å². The normalized spacial score (nSPS) is 11.3. The minimum Gasteiger partial charge on any atom is -0.481 e. The Bertz CT molecular complexity index is 585. The highest BCUT2D eigenvalue weighted by Crippen LogP contribution is 2.26. The summed E-state index contributed by atoms with van der Waals surface area (Å²) in [4.78, 5) is 42.8. The van der Waals surface area contributed by atoms with Crippen LogP contribution in [-0.4, -0.2) is 34.2 Å². The van der Waals surface area contributed by atoms with Crippen LogP contribution in [0.2, 0.25) is 0 Å². The highest BCUT2D eigenvalue weighted by molar-refractivity contribution is 5.88. The molecule has 0 unspecified atom stereocenters. The number of hydrogen-bond acceptors (Lipinski definition) is 8. The molecule has 0 aromatic heterocycles. The molecule has 0 spiro atoms. The molecule has 0 aliphatic heterocycles. The number of hydrogen-bond donors (Lipinski definition) is 2. The van der Waals surface area contributed by atoms with Crippen molar-refractivity contribution in [3.05, 3.63) is 34.4 Å². The number of nitro groups is 1. The van der Waals surface area contributed by atoms with Gasteiger partial charge in [0.2, 0.25) is 5.75 Å². The van der Waals surface area contributed by atoms with Gasteiger partial charge < -0.3 is 20.3 Å². The van der Waals surface area contributed by atoms with E-state index < -0.39 is 46.9 Å². The maximum absolute atomic E-state index is 11.3. The minimum atomic E-state index is -1.55. The van der Waals surface area contributed by atoms with Crippen molar-refractivity contribution in [3.63, 3.8) is 0 Å². The average Bonchev–Trinajstić information content (AvgIpc) is 2.37. The van der Waals surface area contributed by atoms with Gasteiger partial charge in [-0.3, -0.25) is 14.9 Å². The van der Waals surface area contributed by atoms with Gasteiger partial charge in [-0.1, -0.05) is 12.1 Å². The van der Waals surface area contributed by atoms with Gasteiger partial charge in [-0.05, 0) is 6.07 Å². The number of carboxylic acids is 1. The Morgan fingerprint density at radius 2 is 1.95 bits per heavy atom. The van der Waals surface area contributed by atoms with E-state index in [1.807, 2.05) is 0 Å². The van der Waals surface area contributed by atoms with Gasteiger partial charge in [0.25, 0.3) is 0 Å². The zero-order valence-electron chi connectivity index (χ0n) is 10.4. The minimum absolute atomic E-state index is 0.424. The zero-order chi connectivity index (χ0) is 16.0. The van der Waals surface area contributed by atoms with Gasteiger partial charge in [-0.25, -0.2) is 9.59 Å². The van der Waals surface area contributed by atoms with E-state index in [2.05, 4.69) is 9.47 Å². The lowest BCUT2D eigenvalue weighted by Gasteiger charge is -2.08. The molecule has 21 heavy (non-hydrogen) atoms. The van der Waals surface area contributed by atoms with Crippen LogP contribution in [0.15, 0.2) is 24.3 Å². The lowest BCUT2D eigenvalue weighted by Crippen LogP contribution is -2.36. The summed E-state index contributed by atoms with van der Waals surface area (Å²) in [6.45, 7) is 0. The molecule has 0 radical (unpaired) electrons. The Morgan fingerprint density at radius 3 is 2.52 bits per heavy atom. The Kier molecular flexibility index (Phi) is 5.31. The number of benzene rings is 1. The molecule has 10 heteroatoms. The largest absolute Gasteiger partial charge is 0.522 e. The lowest BCUT2D eigenvalue weighted by atomic mass is 10.2. The highest BCUT2D eigenvalue weighted by atomic mass is 16.7. The molecule has 1 atom stereocenters. The number of esters is 1. The van der Waals surface area contributed by atoms with Crippen LogP contribution in [0.3, 0.4) is 0 Å². The van der Waals surface area contributed by atoms with Gasteiger partial charge in [0.05, 0.1) is 11.3 Å². The van der Waals surface area contributed by atoms with Crippen LogP contribution >= 0.6 is 0 Å². The fraction of sp³-hybridized carbons (Fsp3) is 0.182. The summed E-state index contributed by atoms with van der Waals surface area (Å²) in [5.41, 5.74) is 4.66. The van der Waals surface area contributed by atoms with Crippen molar-refractivity contribution in [1.29, 1.82) is 0 Å². The SMILES string of the molecule is N[C@@H](CC(=O)O)C(=O)OC(=O)Oc1ccccc1[N+](=O)[O-]. The summed E-state index contributed by atoms with van der Waals surface area (Å²) in [7, 11) is 0. The zero-order valence-corrected chi connectivity index (χ0v) is 10.4. The summed E-state index contributed by atoms with van der Waals surface area (Å²) in [6.07, 6.45) is -2.28. The van der Waals surface area contributed by atoms with Crippen LogP contribution < -0.4 is 10.5 Å². The number of nitrogens with two attached hydrogens (primary N) is 1. The number of nitrogens with zero attached hydrogens (tertiary/aromatic N) is 1. The number of nitro benzene ring substituents is 1. The van der Waals surface area contributed by atoms with E-state index in [0.29, 0.717) is 0 Å². The Labute approximate surface area is 117 Å². The van der Waals surface area contributed by atoms with Crippen LogP contribution in [0.1, 0.15) is 6.42 Å². The number of para-hydroxylation sites is 2. The van der Waals surface area contributed by atoms with E-state index in [1.165, 1.54) is 12.1 Å². The Morgan fingerprint density at radius 1 is 1.33 bits per heavy atom. The van der Waals surface area contributed by atoms with E-state index in [0.717, 1.165) is 12.1 Å². The summed E-state index contributed by atoms with van der Waals surface area (Å²) >= 11 is 0. The number of aliphatic carboxylic acids is 1. The molecule has 0 fully saturated rings. The van der Waals surface area contributed by atoms with Gasteiger partial charge in [0.15, 0.2) is 0 Å². The second-order valence-corrected chi connectivity index (χ2v) is 3.70. The molecule has 0 bridgehead atoms. The summed E-state index contributed by atoms with van der Waals surface area (Å²) in [5, 5.41) is 19.1. The van der Waals surface area contributed by atoms with Crippen molar-refractivity contribution < 1.29 is 33.9 Å². The maximum Gasteiger partial charge on any atom is 0.522 e. The van der Waals surface area contributed by atoms with Crippen molar-refractivity contribution in [2.45, 2.75) is 12.5 Å². The smallest absolute Gasteiger partial charge is 0.481 e. The molecule has 0 aliphatic carbocycles. The third kappa shape index (κ3) is 4.87. The fourth-order valence-electron chi connectivity index (χ4n) is 1.23. The first-order chi connectivity index (χ1) is 9.81. The fourth-order valence-corrected chi connectivity index (χ4v) is 1.23. The van der Waals surface area contributed by atoms with E-state index >= 15 is 0 Å². The van der Waals surface area contributed by atoms with Crippen LogP contribution in [0.25, 0.3) is 0 Å². The third-order valence-corrected chi connectivity index (χ3v) is 2.14. The molecule has 0 saturated carbocycles. The van der Waals surface area contributed by atoms with Gasteiger partial charge in [0, 0.05) is 6.07 Å². The number of carboxylic acid groups (broad SMARTS) is 1. The van der Waals surface area contributed by atoms with E-state index in [-0.39, 0.29) is 0 Å². The molecule has 0 saturated heterocycles. The maximum atomic E-state index is 11.3. The second-order valence-electron chi connectivity index (χ2n) is 3.70. The van der Waals surface area contributed by atoms with Gasteiger partial charge in [-0.2, -0.15) is 0 Å². The second kappa shape index (κ2) is 6.96. The molecule has 112 valence electrons. The van der Waals surface area contributed by atoms with E-state index in [1.54, 1.807) is 0 Å². The van der Waals surface area contributed by atoms with Crippen molar-refractivity contribution in [2.24, 2.45) is 5.73 Å². The molecular weight excluding hydrogens is 288 g/mol. The van der Waals surface area contributed by atoms with Crippen LogP contribution in [0.4, 0.5) is 10.5 Å². The predicted molar refractivity (Wildman–Crippen MR) is 65.4 cm³/mol. The molecule has 0 aliphatic rings. The van der Waals surface area contributed by atoms with Crippen molar-refractivity contribution in [3.8, 4) is 5.75 Å². The Hall–Kier alpha value is -3.01. The monoisotopic (exact) mass is 298 g/mol. The third-order valence-electron chi connectivity index (χ3n) is 2.14. The van der Waals surface area contributed by atoms with Crippen molar-refractivity contribution in [1.82, 2.24) is 0 Å². The Balaban J connectivity index is 2.68. The number of carbonyl (C=O) groups excluding carboxylic acids is 2. The van der Waals surface area contributed by atoms with Crippen molar-refractivity contribution in [2.75, 3.05) is 0 Å². The first-order valence-corrected chi connectivity index (χ1v) is 5.45. The van der Waals surface area contributed by atoms with Crippen molar-refractivity contribution >= 4 is 23.8 Å². The van der Waals surface area contributed by atoms with Gasteiger partial charge in [0.1, 0.15) is 6.04 Å². The predicted octanol–water partition coefficient (Wildman–Crippen LogP) is 0.439. The lowest BCUT2D eigenvalue weighted by molar-refractivity contribution is -0.385. The molecule has 3 N–H and O–H groups in total. The quantitative estimate of drug-likeness (QED) is 0.258. The summed E-state index contributed by atoms with van der Waals surface area (Å²) in [6, 6.07) is 3.38. The number of rotatable bonds is 5. The van der Waals surface area contributed by atoms with Gasteiger partial charge >= 0.3 is 23.8 Å². The molecular formula is C11H10N2O8. The molecule has 0 heterocycles. The molecule has 1 rings (SSSR count). The van der Waals surface area contributed by atoms with Crippen LogP contribution in [0.5, 0.6) is 5.75 Å². The average molecular weight is 298 g/mol.